The number of hydrogen-bond donors (Lipinski definition) is 2. The Hall–Kier alpha value is -3.12. The van der Waals surface area contributed by atoms with E-state index in [1.54, 1.807) is 36.4 Å². The molecule has 0 saturated heterocycles. The van der Waals surface area contributed by atoms with E-state index in [0.29, 0.717) is 29.5 Å². The van der Waals surface area contributed by atoms with Crippen molar-refractivity contribution < 1.29 is 9.53 Å². The van der Waals surface area contributed by atoms with Crippen LogP contribution < -0.4 is 15.4 Å². The number of anilines is 2. The lowest BCUT2D eigenvalue weighted by Gasteiger charge is -2.09. The van der Waals surface area contributed by atoms with E-state index >= 15 is 0 Å². The predicted octanol–water partition coefficient (Wildman–Crippen LogP) is 4.05. The van der Waals surface area contributed by atoms with Crippen molar-refractivity contribution in [2.45, 2.75) is 6.42 Å². The highest BCUT2D eigenvalue weighted by molar-refractivity contribution is 6.30. The van der Waals surface area contributed by atoms with Gasteiger partial charge >= 0.3 is 0 Å². The monoisotopic (exact) mass is 382 g/mol. The van der Waals surface area contributed by atoms with Gasteiger partial charge in [0.1, 0.15) is 11.6 Å². The van der Waals surface area contributed by atoms with Crippen LogP contribution in [0.2, 0.25) is 5.02 Å². The Labute approximate surface area is 162 Å². The minimum Gasteiger partial charge on any atom is -0.496 e. The number of rotatable bonds is 7. The van der Waals surface area contributed by atoms with Crippen molar-refractivity contribution in [3.63, 3.8) is 0 Å². The Morgan fingerprint density at radius 1 is 1.00 bits per heavy atom. The molecule has 0 aliphatic carbocycles. The first-order valence-corrected chi connectivity index (χ1v) is 8.80. The summed E-state index contributed by atoms with van der Waals surface area (Å²) in [4.78, 5) is 12.3. The van der Waals surface area contributed by atoms with Crippen molar-refractivity contribution in [3.8, 4) is 5.75 Å². The molecular formula is C20H19ClN4O2. The number of aromatic nitrogens is 2. The predicted molar refractivity (Wildman–Crippen MR) is 107 cm³/mol. The van der Waals surface area contributed by atoms with Crippen LogP contribution in [0.4, 0.5) is 11.6 Å². The van der Waals surface area contributed by atoms with E-state index in [9.17, 15) is 4.79 Å². The highest BCUT2D eigenvalue weighted by Gasteiger charge is 2.12. The van der Waals surface area contributed by atoms with Crippen LogP contribution >= 0.6 is 11.6 Å². The molecule has 0 atom stereocenters. The minimum atomic E-state index is -0.301. The summed E-state index contributed by atoms with van der Waals surface area (Å²) in [5.41, 5.74) is 1.62. The summed E-state index contributed by atoms with van der Waals surface area (Å²) in [5.74, 6) is 1.21. The highest BCUT2D eigenvalue weighted by Crippen LogP contribution is 2.18. The number of methoxy groups -OCH3 is 1. The van der Waals surface area contributed by atoms with Crippen LogP contribution in [0.1, 0.15) is 15.9 Å². The molecule has 0 spiro atoms. The largest absolute Gasteiger partial charge is 0.496 e. The second-order valence-corrected chi connectivity index (χ2v) is 6.20. The number of halogens is 1. The maximum atomic E-state index is 12.3. The first-order chi connectivity index (χ1) is 13.2. The average molecular weight is 383 g/mol. The van der Waals surface area contributed by atoms with Crippen LogP contribution in [0.3, 0.4) is 0 Å². The third-order valence-electron chi connectivity index (χ3n) is 3.89. The highest BCUT2D eigenvalue weighted by atomic mass is 35.5. The first kappa shape index (κ1) is 18.7. The Kier molecular flexibility index (Phi) is 6.22. The van der Waals surface area contributed by atoms with Crippen molar-refractivity contribution in [1.82, 2.24) is 10.2 Å². The Morgan fingerprint density at radius 3 is 2.41 bits per heavy atom. The molecular weight excluding hydrogens is 364 g/mol. The SMILES string of the molecule is COc1ccccc1C(=O)Nc1ccc(NCCc2ccc(Cl)cc2)nn1. The maximum Gasteiger partial charge on any atom is 0.260 e. The molecule has 0 aliphatic rings. The third kappa shape index (κ3) is 5.18. The van der Waals surface area contributed by atoms with Gasteiger partial charge in [-0.3, -0.25) is 4.79 Å². The molecule has 0 radical (unpaired) electrons. The quantitative estimate of drug-likeness (QED) is 0.644. The summed E-state index contributed by atoms with van der Waals surface area (Å²) in [6.07, 6.45) is 0.838. The molecule has 0 unspecified atom stereocenters. The van der Waals surface area contributed by atoms with Crippen LogP contribution in [0, 0.1) is 0 Å². The lowest BCUT2D eigenvalue weighted by atomic mass is 10.1. The molecule has 2 aromatic carbocycles. The zero-order valence-electron chi connectivity index (χ0n) is 14.8. The first-order valence-electron chi connectivity index (χ1n) is 8.42. The normalized spacial score (nSPS) is 10.3. The third-order valence-corrected chi connectivity index (χ3v) is 4.14. The Bertz CT molecular complexity index is 899. The summed E-state index contributed by atoms with van der Waals surface area (Å²) < 4.78 is 5.20. The van der Waals surface area contributed by atoms with Gasteiger partial charge in [-0.2, -0.15) is 0 Å². The lowest BCUT2D eigenvalue weighted by Crippen LogP contribution is -2.15. The second-order valence-electron chi connectivity index (χ2n) is 5.76. The van der Waals surface area contributed by atoms with Crippen LogP contribution in [-0.4, -0.2) is 29.8 Å². The van der Waals surface area contributed by atoms with E-state index in [2.05, 4.69) is 20.8 Å². The molecule has 0 saturated carbocycles. The summed E-state index contributed by atoms with van der Waals surface area (Å²) in [6, 6.07) is 18.2. The molecule has 0 aliphatic heterocycles. The number of amides is 1. The van der Waals surface area contributed by atoms with Gasteiger partial charge in [0.25, 0.3) is 5.91 Å². The van der Waals surface area contributed by atoms with E-state index < -0.39 is 0 Å². The van der Waals surface area contributed by atoms with E-state index in [0.717, 1.165) is 11.4 Å². The number of para-hydroxylation sites is 1. The van der Waals surface area contributed by atoms with Crippen LogP contribution in [-0.2, 0) is 6.42 Å². The molecule has 1 amide bonds. The molecule has 1 heterocycles. The summed E-state index contributed by atoms with van der Waals surface area (Å²) in [5, 5.41) is 14.8. The van der Waals surface area contributed by atoms with Gasteiger partial charge in [-0.25, -0.2) is 0 Å². The number of benzene rings is 2. The molecule has 7 heteroatoms. The lowest BCUT2D eigenvalue weighted by molar-refractivity contribution is 0.102. The molecule has 138 valence electrons. The molecule has 0 bridgehead atoms. The number of ether oxygens (including phenoxy) is 1. The van der Waals surface area contributed by atoms with E-state index in [-0.39, 0.29) is 5.91 Å². The number of carbonyl (C=O) groups is 1. The minimum absolute atomic E-state index is 0.301. The topological polar surface area (TPSA) is 76.1 Å². The number of carbonyl (C=O) groups excluding carboxylic acids is 1. The van der Waals surface area contributed by atoms with Crippen LogP contribution in [0.15, 0.2) is 60.7 Å². The molecule has 3 rings (SSSR count). The van der Waals surface area contributed by atoms with Crippen molar-refractivity contribution in [1.29, 1.82) is 0 Å². The van der Waals surface area contributed by atoms with Gasteiger partial charge in [0.15, 0.2) is 5.82 Å². The maximum absolute atomic E-state index is 12.3. The van der Waals surface area contributed by atoms with E-state index in [1.165, 1.54) is 12.7 Å². The number of nitrogens with one attached hydrogen (secondary N) is 2. The van der Waals surface area contributed by atoms with Gasteiger partial charge in [0.05, 0.1) is 12.7 Å². The zero-order valence-corrected chi connectivity index (χ0v) is 15.5. The van der Waals surface area contributed by atoms with Crippen LogP contribution in [0.5, 0.6) is 5.75 Å². The fourth-order valence-corrected chi connectivity index (χ4v) is 2.62. The van der Waals surface area contributed by atoms with Crippen molar-refractivity contribution >= 4 is 29.1 Å². The summed E-state index contributed by atoms with van der Waals surface area (Å²) in [6.45, 7) is 0.712. The molecule has 3 aromatic rings. The molecule has 1 aromatic heterocycles. The van der Waals surface area contributed by atoms with Gasteiger partial charge in [-0.05, 0) is 48.4 Å². The van der Waals surface area contributed by atoms with Gasteiger partial charge in [-0.1, -0.05) is 35.9 Å². The fourth-order valence-electron chi connectivity index (χ4n) is 2.50. The van der Waals surface area contributed by atoms with Gasteiger partial charge < -0.3 is 15.4 Å². The Balaban J connectivity index is 1.54. The van der Waals surface area contributed by atoms with Crippen molar-refractivity contribution in [2.24, 2.45) is 0 Å². The van der Waals surface area contributed by atoms with E-state index in [1.807, 2.05) is 24.3 Å². The smallest absolute Gasteiger partial charge is 0.260 e. The van der Waals surface area contributed by atoms with E-state index in [4.69, 9.17) is 16.3 Å². The second kappa shape index (κ2) is 9.00. The van der Waals surface area contributed by atoms with Crippen LogP contribution in [0.25, 0.3) is 0 Å². The van der Waals surface area contributed by atoms with Gasteiger partial charge in [0, 0.05) is 11.6 Å². The van der Waals surface area contributed by atoms with Gasteiger partial charge in [0.2, 0.25) is 0 Å². The van der Waals surface area contributed by atoms with Crippen molar-refractivity contribution in [3.05, 3.63) is 76.8 Å². The molecule has 0 fully saturated rings. The standard InChI is InChI=1S/C20H19ClN4O2/c1-27-17-5-3-2-4-16(17)20(26)23-19-11-10-18(24-25-19)22-13-12-14-6-8-15(21)9-7-14/h2-11H,12-13H2,1H3,(H,22,24)(H,23,25,26). The molecule has 2 N–H and O–H groups in total. The summed E-state index contributed by atoms with van der Waals surface area (Å²) >= 11 is 5.88. The van der Waals surface area contributed by atoms with Gasteiger partial charge in [-0.15, -0.1) is 10.2 Å². The number of hydrogen-bond acceptors (Lipinski definition) is 5. The summed E-state index contributed by atoms with van der Waals surface area (Å²) in [7, 11) is 1.52. The van der Waals surface area contributed by atoms with Crippen molar-refractivity contribution in [2.75, 3.05) is 24.3 Å². The molecule has 27 heavy (non-hydrogen) atoms. The number of nitrogens with zero attached hydrogens (tertiary/aromatic N) is 2. The Morgan fingerprint density at radius 2 is 1.70 bits per heavy atom. The molecule has 6 nitrogen and oxygen atoms in total. The fraction of sp³-hybridized carbons (Fsp3) is 0.150. The average Bonchev–Trinajstić information content (AvgIpc) is 2.70. The zero-order chi connectivity index (χ0) is 19.1.